The Balaban J connectivity index is 1.47. The molecular weight excluding hydrogens is 472 g/mol. The van der Waals surface area contributed by atoms with Crippen LogP contribution in [0.2, 0.25) is 6.32 Å². The summed E-state index contributed by atoms with van der Waals surface area (Å²) in [6, 6.07) is 6.32. The second kappa shape index (κ2) is 10.9. The Hall–Kier alpha value is -3.04. The lowest BCUT2D eigenvalue weighted by atomic mass is 9.71. The number of alkyl halides is 4. The Morgan fingerprint density at radius 2 is 1.83 bits per heavy atom. The number of nitrogens with two attached hydrogens (primary N) is 1. The lowest BCUT2D eigenvalue weighted by Gasteiger charge is -2.26. The minimum Gasteiger partial charge on any atom is -0.414 e. The minimum atomic E-state index is -2.69. The van der Waals surface area contributed by atoms with E-state index in [4.69, 9.17) is 10.3 Å². The van der Waals surface area contributed by atoms with Gasteiger partial charge in [-0.15, -0.1) is 0 Å². The highest BCUT2D eigenvalue weighted by Crippen LogP contribution is 2.30. The molecule has 2 aromatic rings. The van der Waals surface area contributed by atoms with E-state index in [2.05, 4.69) is 18.5 Å². The van der Waals surface area contributed by atoms with Crippen molar-refractivity contribution in [2.75, 3.05) is 19.6 Å². The predicted molar refractivity (Wildman–Crippen MR) is 135 cm³/mol. The van der Waals surface area contributed by atoms with E-state index >= 15 is 0 Å². The van der Waals surface area contributed by atoms with Crippen molar-refractivity contribution in [1.29, 1.82) is 0 Å². The molecule has 0 spiro atoms. The zero-order valence-corrected chi connectivity index (χ0v) is 19.7. The predicted octanol–water partition coefficient (Wildman–Crippen LogP) is 2.78. The van der Waals surface area contributed by atoms with Gasteiger partial charge >= 0.3 is 7.05 Å². The molecule has 0 aromatic heterocycles. The van der Waals surface area contributed by atoms with Crippen LogP contribution in [0.15, 0.2) is 37.4 Å². The van der Waals surface area contributed by atoms with E-state index < -0.39 is 19.9 Å². The smallest absolute Gasteiger partial charge is 0.413 e. The first-order valence-corrected chi connectivity index (χ1v) is 11.6. The van der Waals surface area contributed by atoms with E-state index in [1.165, 1.54) is 12.1 Å². The number of fused-ring (bicyclic) bond motifs is 2. The van der Waals surface area contributed by atoms with E-state index in [0.717, 1.165) is 5.46 Å². The molecular formula is C25H26B2F4N3O2. The lowest BCUT2D eigenvalue weighted by molar-refractivity contribution is -0.108. The van der Waals surface area contributed by atoms with Crippen LogP contribution < -0.4 is 21.9 Å². The van der Waals surface area contributed by atoms with Gasteiger partial charge in [0, 0.05) is 35.6 Å². The maximum absolute atomic E-state index is 13.7. The van der Waals surface area contributed by atoms with Crippen LogP contribution in [0.25, 0.3) is 11.4 Å². The first-order valence-electron chi connectivity index (χ1n) is 11.6. The van der Waals surface area contributed by atoms with Crippen LogP contribution in [0, 0.1) is 0 Å². The number of benzene rings is 2. The van der Waals surface area contributed by atoms with Gasteiger partial charge in [-0.25, -0.2) is 17.6 Å². The van der Waals surface area contributed by atoms with E-state index in [1.807, 2.05) is 13.3 Å². The Morgan fingerprint density at radius 3 is 2.53 bits per heavy atom. The van der Waals surface area contributed by atoms with Crippen LogP contribution in [-0.2, 0) is 22.5 Å². The van der Waals surface area contributed by atoms with Gasteiger partial charge in [0.15, 0.2) is 7.28 Å². The second-order valence-electron chi connectivity index (χ2n) is 8.81. The highest BCUT2D eigenvalue weighted by atomic mass is 19.3. The average molecular weight is 498 g/mol. The first-order chi connectivity index (χ1) is 17.2. The van der Waals surface area contributed by atoms with Crippen molar-refractivity contribution in [3.63, 3.8) is 0 Å². The maximum atomic E-state index is 13.7. The van der Waals surface area contributed by atoms with E-state index in [-0.39, 0.29) is 24.3 Å². The summed E-state index contributed by atoms with van der Waals surface area (Å²) in [4.78, 5) is 13.0. The summed E-state index contributed by atoms with van der Waals surface area (Å²) in [5.74, 6) is 0. The fourth-order valence-electron chi connectivity index (χ4n) is 4.74. The van der Waals surface area contributed by atoms with Crippen LogP contribution in [0.5, 0.6) is 0 Å². The standard InChI is InChI=1S/C25H26B2F4N3O2/c1-14(16-9-20(25(30)31)21-13-36-27(32)23(21)12-16)33-5-6-34(7-8-35)15(2)17-10-19(24(28)29)18-3-4-26-22(18)11-17/h8-12,24-25,33H,1-7,13,32H2. The summed E-state index contributed by atoms with van der Waals surface area (Å²) in [6.07, 6.45) is -3.29. The molecule has 0 amide bonds. The summed E-state index contributed by atoms with van der Waals surface area (Å²) in [7, 11) is 1.15. The molecule has 187 valence electrons. The van der Waals surface area contributed by atoms with Gasteiger partial charge in [-0.2, -0.15) is 0 Å². The molecule has 2 heterocycles. The number of hydrogen-bond acceptors (Lipinski definition) is 5. The van der Waals surface area contributed by atoms with Gasteiger partial charge in [0.05, 0.1) is 13.2 Å². The van der Waals surface area contributed by atoms with Gasteiger partial charge < -0.3 is 25.3 Å². The number of aldehydes is 1. The number of carbonyl (C=O) groups is 1. The van der Waals surface area contributed by atoms with Gasteiger partial charge in [0.2, 0.25) is 0 Å². The number of nitrogens with one attached hydrogen (secondary N) is 1. The molecule has 36 heavy (non-hydrogen) atoms. The molecule has 2 aromatic carbocycles. The molecule has 0 atom stereocenters. The normalized spacial score (nSPS) is 14.0. The van der Waals surface area contributed by atoms with Gasteiger partial charge in [-0.3, -0.25) is 0 Å². The third-order valence-electron chi connectivity index (χ3n) is 6.66. The number of carbonyl (C=O) groups excluding carboxylic acids is 1. The molecule has 3 N–H and O–H groups in total. The summed E-state index contributed by atoms with van der Waals surface area (Å²) in [5, 5.41) is 3.09. The molecule has 0 unspecified atom stereocenters. The second-order valence-corrected chi connectivity index (χ2v) is 8.81. The van der Waals surface area contributed by atoms with Gasteiger partial charge in [0.25, 0.3) is 12.9 Å². The largest absolute Gasteiger partial charge is 0.414 e. The van der Waals surface area contributed by atoms with Crippen molar-refractivity contribution in [2.45, 2.75) is 32.2 Å². The number of hydrogen-bond donors (Lipinski definition) is 2. The molecule has 2 aliphatic rings. The van der Waals surface area contributed by atoms with Crippen molar-refractivity contribution in [2.24, 2.45) is 5.64 Å². The van der Waals surface area contributed by atoms with Crippen LogP contribution in [-0.4, -0.2) is 45.2 Å². The molecule has 0 bridgehead atoms. The number of rotatable bonds is 11. The molecule has 5 nitrogen and oxygen atoms in total. The Kier molecular flexibility index (Phi) is 7.90. The molecule has 0 aliphatic carbocycles. The monoisotopic (exact) mass is 498 g/mol. The van der Waals surface area contributed by atoms with Gasteiger partial charge in [-0.1, -0.05) is 37.1 Å². The molecule has 1 radical (unpaired) electrons. The van der Waals surface area contributed by atoms with E-state index in [9.17, 15) is 22.4 Å². The van der Waals surface area contributed by atoms with Crippen molar-refractivity contribution in [1.82, 2.24) is 10.2 Å². The third kappa shape index (κ3) is 5.22. The number of nitrogens with zero attached hydrogens (tertiary/aromatic N) is 1. The lowest BCUT2D eigenvalue weighted by Crippen LogP contribution is -2.39. The van der Waals surface area contributed by atoms with Gasteiger partial charge in [-0.05, 0) is 46.3 Å². The van der Waals surface area contributed by atoms with Crippen molar-refractivity contribution in [3.05, 3.63) is 70.8 Å². The quantitative estimate of drug-likeness (QED) is 0.284. The first kappa shape index (κ1) is 26.0. The zero-order valence-electron chi connectivity index (χ0n) is 19.7. The van der Waals surface area contributed by atoms with Crippen LogP contribution in [0.4, 0.5) is 17.6 Å². The Labute approximate surface area is 208 Å². The van der Waals surface area contributed by atoms with Gasteiger partial charge in [0.1, 0.15) is 6.29 Å². The molecule has 0 fully saturated rings. The minimum absolute atomic E-state index is 0.0106. The highest BCUT2D eigenvalue weighted by Gasteiger charge is 2.30. The van der Waals surface area contributed by atoms with Crippen molar-refractivity contribution >= 4 is 42.9 Å². The molecule has 0 saturated heterocycles. The Morgan fingerprint density at radius 1 is 1.14 bits per heavy atom. The maximum Gasteiger partial charge on any atom is 0.413 e. The van der Waals surface area contributed by atoms with E-state index in [1.54, 1.807) is 11.0 Å². The highest BCUT2D eigenvalue weighted by molar-refractivity contribution is 6.65. The topological polar surface area (TPSA) is 67.6 Å². The van der Waals surface area contributed by atoms with Crippen LogP contribution in [0.1, 0.15) is 46.2 Å². The molecule has 11 heteroatoms. The molecule has 4 rings (SSSR count). The number of halogens is 4. The fourth-order valence-corrected chi connectivity index (χ4v) is 4.74. The van der Waals surface area contributed by atoms with Crippen molar-refractivity contribution < 1.29 is 27.0 Å². The van der Waals surface area contributed by atoms with Crippen molar-refractivity contribution in [3.8, 4) is 0 Å². The Bertz CT molecular complexity index is 1190. The molecule has 2 aliphatic heterocycles. The SMILES string of the molecule is C=C(NCCN(CC=O)C(=C)c1cc2c(c(C(F)F)c1)CC[B]2)c1cc2c(c(C(F)F)c1)COB2N. The summed E-state index contributed by atoms with van der Waals surface area (Å²) in [5.41, 5.74) is 9.91. The van der Waals surface area contributed by atoms with E-state index in [0.29, 0.717) is 71.2 Å². The fraction of sp³-hybridized carbons (Fsp3) is 0.320. The van der Waals surface area contributed by atoms with Crippen LogP contribution in [0.3, 0.4) is 0 Å². The summed E-state index contributed by atoms with van der Waals surface area (Å²) >= 11 is 0. The summed E-state index contributed by atoms with van der Waals surface area (Å²) < 4.78 is 59.8. The molecule has 0 saturated carbocycles. The zero-order chi connectivity index (χ0) is 26.0. The summed E-state index contributed by atoms with van der Waals surface area (Å²) in [6.45, 7) is 8.66. The van der Waals surface area contributed by atoms with Crippen LogP contribution >= 0.6 is 0 Å². The third-order valence-corrected chi connectivity index (χ3v) is 6.66. The average Bonchev–Trinajstić information content (AvgIpc) is 3.48.